The van der Waals surface area contributed by atoms with Crippen molar-refractivity contribution >= 4 is 21.7 Å². The maximum atomic E-state index is 13.2. The van der Waals surface area contributed by atoms with E-state index in [4.69, 9.17) is 4.74 Å². The highest BCUT2D eigenvalue weighted by Gasteiger charge is 2.30. The number of pyridine rings is 1. The average molecular weight is 445 g/mol. The number of hydrogen-bond donors (Lipinski definition) is 0. The van der Waals surface area contributed by atoms with Crippen LogP contribution in [0.15, 0.2) is 47.5 Å². The van der Waals surface area contributed by atoms with Crippen LogP contribution in [0.4, 0.5) is 5.82 Å². The molecule has 1 amide bonds. The summed E-state index contributed by atoms with van der Waals surface area (Å²) in [6.45, 7) is 5.88. The van der Waals surface area contributed by atoms with Gasteiger partial charge in [-0.25, -0.2) is 13.4 Å². The maximum absolute atomic E-state index is 13.2. The van der Waals surface area contributed by atoms with Gasteiger partial charge in [-0.05, 0) is 36.2 Å². The van der Waals surface area contributed by atoms with Gasteiger partial charge >= 0.3 is 0 Å². The van der Waals surface area contributed by atoms with Gasteiger partial charge in [0.15, 0.2) is 0 Å². The summed E-state index contributed by atoms with van der Waals surface area (Å²) < 4.78 is 33.2. The van der Waals surface area contributed by atoms with E-state index in [0.717, 1.165) is 11.4 Å². The van der Waals surface area contributed by atoms with Crippen molar-refractivity contribution in [2.24, 2.45) is 0 Å². The van der Waals surface area contributed by atoms with Crippen LogP contribution in [0.1, 0.15) is 22.8 Å². The van der Waals surface area contributed by atoms with Gasteiger partial charge in [0.25, 0.3) is 5.91 Å². The number of aromatic nitrogens is 1. The number of morpholine rings is 1. The number of carbonyl (C=O) groups excluding carboxylic acids is 1. The molecule has 2 aliphatic heterocycles. The highest BCUT2D eigenvalue weighted by molar-refractivity contribution is 7.89. The third-order valence-corrected chi connectivity index (χ3v) is 7.80. The van der Waals surface area contributed by atoms with E-state index >= 15 is 0 Å². The Morgan fingerprint density at radius 2 is 1.77 bits per heavy atom. The molecule has 4 rings (SSSR count). The second-order valence-electron chi connectivity index (χ2n) is 7.66. The van der Waals surface area contributed by atoms with Gasteiger partial charge in [-0.3, -0.25) is 4.79 Å². The average Bonchev–Trinajstić information content (AvgIpc) is 2.84. The number of hydrogen-bond acceptors (Lipinski definition) is 6. The van der Waals surface area contributed by atoms with Gasteiger partial charge in [0, 0.05) is 51.0 Å². The molecule has 2 saturated heterocycles. The molecule has 3 heterocycles. The molecule has 0 atom stereocenters. The Kier molecular flexibility index (Phi) is 6.54. The van der Waals surface area contributed by atoms with Crippen molar-refractivity contribution in [2.75, 3.05) is 57.4 Å². The molecule has 0 unspecified atom stereocenters. The van der Waals surface area contributed by atoms with Gasteiger partial charge in [0.2, 0.25) is 10.0 Å². The van der Waals surface area contributed by atoms with Crippen molar-refractivity contribution in [1.29, 1.82) is 0 Å². The molecule has 31 heavy (non-hydrogen) atoms. The van der Waals surface area contributed by atoms with Gasteiger partial charge < -0.3 is 14.5 Å². The highest BCUT2D eigenvalue weighted by atomic mass is 32.2. The minimum atomic E-state index is -3.67. The number of benzene rings is 1. The zero-order valence-corrected chi connectivity index (χ0v) is 18.6. The van der Waals surface area contributed by atoms with Crippen molar-refractivity contribution in [3.63, 3.8) is 0 Å². The van der Waals surface area contributed by atoms with Gasteiger partial charge in [-0.15, -0.1) is 0 Å². The fourth-order valence-electron chi connectivity index (χ4n) is 4.01. The number of nitrogens with zero attached hydrogens (tertiary/aromatic N) is 4. The Balaban J connectivity index is 1.52. The number of anilines is 1. The lowest BCUT2D eigenvalue weighted by molar-refractivity contribution is 0.0729. The third-order valence-electron chi connectivity index (χ3n) is 5.82. The Morgan fingerprint density at radius 3 is 2.42 bits per heavy atom. The first-order chi connectivity index (χ1) is 15.0. The van der Waals surface area contributed by atoms with E-state index in [1.807, 2.05) is 25.1 Å². The zero-order chi connectivity index (χ0) is 21.8. The fourth-order valence-corrected chi connectivity index (χ4v) is 5.74. The first-order valence-electron chi connectivity index (χ1n) is 10.7. The predicted molar refractivity (Wildman–Crippen MR) is 118 cm³/mol. The second-order valence-corrected chi connectivity index (χ2v) is 9.57. The molecule has 9 heteroatoms. The van der Waals surface area contributed by atoms with E-state index in [-0.39, 0.29) is 10.8 Å². The molecule has 1 aromatic heterocycles. The summed E-state index contributed by atoms with van der Waals surface area (Å²) in [5.74, 6) is 0.766. The number of sulfonamides is 1. The smallest absolute Gasteiger partial charge is 0.254 e. The molecule has 2 aromatic rings. The van der Waals surface area contributed by atoms with E-state index in [2.05, 4.69) is 9.88 Å². The first-order valence-corrected chi connectivity index (χ1v) is 12.1. The number of aryl methyl sites for hydroxylation is 1. The normalized spacial score (nSPS) is 18.2. The zero-order valence-electron chi connectivity index (χ0n) is 17.7. The quantitative estimate of drug-likeness (QED) is 0.697. The summed E-state index contributed by atoms with van der Waals surface area (Å²) in [7, 11) is -3.67. The maximum Gasteiger partial charge on any atom is 0.254 e. The highest BCUT2D eigenvalue weighted by Crippen LogP contribution is 2.24. The van der Waals surface area contributed by atoms with Crippen LogP contribution in [0.3, 0.4) is 0 Å². The second kappa shape index (κ2) is 9.33. The minimum absolute atomic E-state index is 0.137. The van der Waals surface area contributed by atoms with Crippen LogP contribution >= 0.6 is 0 Å². The van der Waals surface area contributed by atoms with Crippen molar-refractivity contribution in [3.8, 4) is 0 Å². The van der Waals surface area contributed by atoms with Crippen LogP contribution < -0.4 is 4.90 Å². The molecule has 0 aliphatic carbocycles. The van der Waals surface area contributed by atoms with E-state index in [1.165, 1.54) is 4.31 Å². The van der Waals surface area contributed by atoms with Gasteiger partial charge in [0.05, 0.1) is 18.1 Å². The van der Waals surface area contributed by atoms with Crippen LogP contribution in [0.25, 0.3) is 0 Å². The van der Waals surface area contributed by atoms with Gasteiger partial charge in [0.1, 0.15) is 5.82 Å². The summed E-state index contributed by atoms with van der Waals surface area (Å²) in [4.78, 5) is 21.7. The lowest BCUT2D eigenvalue weighted by atomic mass is 10.1. The lowest BCUT2D eigenvalue weighted by Crippen LogP contribution is -2.49. The number of piperazine rings is 1. The lowest BCUT2D eigenvalue weighted by Gasteiger charge is -2.35. The van der Waals surface area contributed by atoms with Crippen molar-refractivity contribution in [1.82, 2.24) is 14.2 Å². The molecule has 1 aromatic carbocycles. The van der Waals surface area contributed by atoms with E-state index < -0.39 is 10.0 Å². The van der Waals surface area contributed by atoms with Crippen LogP contribution in [0, 0.1) is 0 Å². The molecule has 166 valence electrons. The van der Waals surface area contributed by atoms with Crippen LogP contribution in [-0.2, 0) is 21.2 Å². The molecule has 2 aliphatic rings. The summed E-state index contributed by atoms with van der Waals surface area (Å²) >= 11 is 0. The van der Waals surface area contributed by atoms with E-state index in [9.17, 15) is 13.2 Å². The molecule has 8 nitrogen and oxygen atoms in total. The third kappa shape index (κ3) is 4.58. The number of ether oxygens (including phenoxy) is 1. The molecular weight excluding hydrogens is 416 g/mol. The largest absolute Gasteiger partial charge is 0.379 e. The fraction of sp³-hybridized carbons (Fsp3) is 0.455. The van der Waals surface area contributed by atoms with Gasteiger partial charge in [-0.1, -0.05) is 19.1 Å². The summed E-state index contributed by atoms with van der Waals surface area (Å²) in [5, 5.41) is 0. The standard InChI is InChI=1S/C22H28N4O4S/c1-2-18-6-7-19(17-20(18)31(28,29)26-13-15-30-16-14-26)22(27)25-11-9-24(10-12-25)21-5-3-4-8-23-21/h3-8,17H,2,9-16H2,1H3. The summed E-state index contributed by atoms with van der Waals surface area (Å²) in [6, 6.07) is 10.9. The molecule has 0 bridgehead atoms. The molecular formula is C22H28N4O4S. The van der Waals surface area contributed by atoms with Gasteiger partial charge in [-0.2, -0.15) is 4.31 Å². The molecule has 0 spiro atoms. The molecule has 0 radical (unpaired) electrons. The summed E-state index contributed by atoms with van der Waals surface area (Å²) in [5.41, 5.74) is 1.14. The Bertz CT molecular complexity index is 1020. The molecule has 0 N–H and O–H groups in total. The number of amides is 1. The first kappa shape index (κ1) is 21.7. The Hall–Kier alpha value is -2.49. The topological polar surface area (TPSA) is 83.1 Å². The van der Waals surface area contributed by atoms with Crippen molar-refractivity contribution < 1.29 is 17.9 Å². The van der Waals surface area contributed by atoms with Crippen LogP contribution in [0.2, 0.25) is 0 Å². The van der Waals surface area contributed by atoms with Crippen molar-refractivity contribution in [2.45, 2.75) is 18.2 Å². The SMILES string of the molecule is CCc1ccc(C(=O)N2CCN(c3ccccn3)CC2)cc1S(=O)(=O)N1CCOCC1. The van der Waals surface area contributed by atoms with Crippen molar-refractivity contribution in [3.05, 3.63) is 53.7 Å². The Morgan fingerprint density at radius 1 is 1.03 bits per heavy atom. The molecule has 0 saturated carbocycles. The minimum Gasteiger partial charge on any atom is -0.379 e. The Labute approximate surface area is 183 Å². The number of rotatable bonds is 5. The van der Waals surface area contributed by atoms with Crippen LogP contribution in [-0.4, -0.2) is 81.0 Å². The molecule has 2 fully saturated rings. The van der Waals surface area contributed by atoms with E-state index in [0.29, 0.717) is 64.5 Å². The number of carbonyl (C=O) groups is 1. The van der Waals surface area contributed by atoms with E-state index in [1.54, 1.807) is 29.3 Å². The predicted octanol–water partition coefficient (Wildman–Crippen LogP) is 1.63. The summed E-state index contributed by atoms with van der Waals surface area (Å²) in [6.07, 6.45) is 2.34. The van der Waals surface area contributed by atoms with Crippen LogP contribution in [0.5, 0.6) is 0 Å². The monoisotopic (exact) mass is 444 g/mol.